The summed E-state index contributed by atoms with van der Waals surface area (Å²) in [5.41, 5.74) is 0.206. The maximum absolute atomic E-state index is 12.2. The first-order chi connectivity index (χ1) is 11.9. The van der Waals surface area contributed by atoms with Gasteiger partial charge in [-0.25, -0.2) is 4.79 Å². The van der Waals surface area contributed by atoms with Crippen LogP contribution in [0.4, 0.5) is 4.79 Å². The van der Waals surface area contributed by atoms with Crippen molar-refractivity contribution in [3.63, 3.8) is 0 Å². The van der Waals surface area contributed by atoms with Gasteiger partial charge in [0, 0.05) is 25.4 Å². The molecule has 0 bridgehead atoms. The number of hydrogen-bond donors (Lipinski definition) is 1. The fraction of sp³-hybridized carbons (Fsp3) is 0.471. The van der Waals surface area contributed by atoms with Gasteiger partial charge in [-0.15, -0.1) is 0 Å². The number of aromatic nitrogens is 1. The van der Waals surface area contributed by atoms with Crippen LogP contribution in [0.5, 0.6) is 5.75 Å². The molecule has 8 heteroatoms. The van der Waals surface area contributed by atoms with Crippen molar-refractivity contribution in [2.75, 3.05) is 0 Å². The number of rotatable bonds is 3. The quantitative estimate of drug-likeness (QED) is 0.613. The van der Waals surface area contributed by atoms with Crippen molar-refractivity contribution < 1.29 is 14.3 Å². The van der Waals surface area contributed by atoms with Crippen LogP contribution in [0.15, 0.2) is 33.3 Å². The molecule has 134 valence electrons. The second-order valence-corrected chi connectivity index (χ2v) is 7.15. The van der Waals surface area contributed by atoms with E-state index in [1.165, 1.54) is 15.5 Å². The summed E-state index contributed by atoms with van der Waals surface area (Å²) in [5, 5.41) is 2.59. The summed E-state index contributed by atoms with van der Waals surface area (Å²) < 4.78 is 8.16. The number of carbonyl (C=O) groups is 2. The number of amides is 3. The van der Waals surface area contributed by atoms with Crippen LogP contribution in [-0.4, -0.2) is 33.6 Å². The zero-order valence-corrected chi connectivity index (χ0v) is 15.7. The predicted molar refractivity (Wildman–Crippen MR) is 95.2 cm³/mol. The standard InChI is InChI=1S/C17H20BrN3O4/c1-3-13-16(23)21(17(24)19-13)10-4-6-11(7-5-10)25-14-8-15(22)20(2)9-12(14)18/h3,8-11H,4-7H2,1-2H3,(H,19,24)/b13-3-. The Kier molecular flexibility index (Phi) is 4.99. The molecular formula is C17H20BrN3O4. The first kappa shape index (κ1) is 17.7. The van der Waals surface area contributed by atoms with Gasteiger partial charge in [0.25, 0.3) is 11.5 Å². The van der Waals surface area contributed by atoms with Crippen LogP contribution in [0.3, 0.4) is 0 Å². The third-order valence-electron chi connectivity index (χ3n) is 4.65. The molecule has 1 aromatic heterocycles. The highest BCUT2D eigenvalue weighted by atomic mass is 79.9. The number of aryl methyl sites for hydroxylation is 1. The third kappa shape index (κ3) is 3.49. The summed E-state index contributed by atoms with van der Waals surface area (Å²) >= 11 is 3.41. The van der Waals surface area contributed by atoms with Gasteiger partial charge in [-0.05, 0) is 48.5 Å². The minimum absolute atomic E-state index is 0.0402. The lowest BCUT2D eigenvalue weighted by atomic mass is 9.92. The van der Waals surface area contributed by atoms with E-state index in [1.54, 1.807) is 26.2 Å². The van der Waals surface area contributed by atoms with Crippen molar-refractivity contribution in [2.24, 2.45) is 7.05 Å². The molecule has 0 atom stereocenters. The molecule has 0 unspecified atom stereocenters. The number of nitrogens with one attached hydrogen (secondary N) is 1. The van der Waals surface area contributed by atoms with E-state index >= 15 is 0 Å². The second-order valence-electron chi connectivity index (χ2n) is 6.29. The molecule has 1 saturated carbocycles. The second kappa shape index (κ2) is 7.03. The SMILES string of the molecule is C/C=C1\NC(=O)N(C2CCC(Oc3cc(=O)n(C)cc3Br)CC2)C1=O. The van der Waals surface area contributed by atoms with Crippen LogP contribution in [0.1, 0.15) is 32.6 Å². The summed E-state index contributed by atoms with van der Waals surface area (Å²) in [5.74, 6) is 0.268. The Morgan fingerprint density at radius 1 is 1.24 bits per heavy atom. The summed E-state index contributed by atoms with van der Waals surface area (Å²) in [4.78, 5) is 37.3. The molecule has 0 aromatic carbocycles. The highest BCUT2D eigenvalue weighted by Crippen LogP contribution is 2.31. The Morgan fingerprint density at radius 2 is 1.92 bits per heavy atom. The van der Waals surface area contributed by atoms with Gasteiger partial charge >= 0.3 is 6.03 Å². The van der Waals surface area contributed by atoms with E-state index in [2.05, 4.69) is 21.2 Å². The first-order valence-corrected chi connectivity index (χ1v) is 9.03. The number of halogens is 1. The average molecular weight is 410 g/mol. The van der Waals surface area contributed by atoms with Gasteiger partial charge in [0.05, 0.1) is 10.6 Å². The molecule has 1 aliphatic carbocycles. The van der Waals surface area contributed by atoms with E-state index in [0.717, 1.165) is 4.47 Å². The molecule has 1 aliphatic heterocycles. The van der Waals surface area contributed by atoms with Gasteiger partial charge in [-0.1, -0.05) is 6.08 Å². The van der Waals surface area contributed by atoms with Crippen molar-refractivity contribution in [3.05, 3.63) is 38.9 Å². The van der Waals surface area contributed by atoms with Crippen LogP contribution in [0.2, 0.25) is 0 Å². The number of urea groups is 1. The Bertz CT molecular complexity index is 794. The van der Waals surface area contributed by atoms with Gasteiger partial charge in [-0.3, -0.25) is 14.5 Å². The highest BCUT2D eigenvalue weighted by Gasteiger charge is 2.40. The molecule has 3 amide bonds. The first-order valence-electron chi connectivity index (χ1n) is 8.24. The van der Waals surface area contributed by atoms with Gasteiger partial charge in [0.1, 0.15) is 11.4 Å². The van der Waals surface area contributed by atoms with Gasteiger partial charge < -0.3 is 14.6 Å². The molecule has 25 heavy (non-hydrogen) atoms. The van der Waals surface area contributed by atoms with E-state index in [0.29, 0.717) is 37.1 Å². The molecule has 0 spiro atoms. The van der Waals surface area contributed by atoms with Crippen LogP contribution in [0.25, 0.3) is 0 Å². The van der Waals surface area contributed by atoms with Crippen LogP contribution < -0.4 is 15.6 Å². The molecule has 3 rings (SSSR count). The number of pyridine rings is 1. The zero-order chi connectivity index (χ0) is 18.1. The fourth-order valence-electron chi connectivity index (χ4n) is 3.25. The molecule has 1 aromatic rings. The molecule has 1 N–H and O–H groups in total. The molecule has 1 saturated heterocycles. The zero-order valence-electron chi connectivity index (χ0n) is 14.1. The number of nitrogens with zero attached hydrogens (tertiary/aromatic N) is 2. The molecular weight excluding hydrogens is 390 g/mol. The molecule has 7 nitrogen and oxygen atoms in total. The fourth-order valence-corrected chi connectivity index (χ4v) is 3.76. The largest absolute Gasteiger partial charge is 0.489 e. The van der Waals surface area contributed by atoms with Crippen LogP contribution >= 0.6 is 15.9 Å². The Balaban J connectivity index is 1.63. The van der Waals surface area contributed by atoms with E-state index in [4.69, 9.17) is 4.74 Å². The monoisotopic (exact) mass is 409 g/mol. The summed E-state index contributed by atoms with van der Waals surface area (Å²) in [6.45, 7) is 1.73. The van der Waals surface area contributed by atoms with Crippen LogP contribution in [-0.2, 0) is 11.8 Å². The number of imide groups is 1. The minimum Gasteiger partial charge on any atom is -0.489 e. The van der Waals surface area contributed by atoms with E-state index in [-0.39, 0.29) is 29.6 Å². The summed E-state index contributed by atoms with van der Waals surface area (Å²) in [7, 11) is 1.68. The van der Waals surface area contributed by atoms with E-state index < -0.39 is 0 Å². The maximum atomic E-state index is 12.2. The van der Waals surface area contributed by atoms with Gasteiger partial charge in [0.15, 0.2) is 0 Å². The van der Waals surface area contributed by atoms with E-state index in [9.17, 15) is 14.4 Å². The van der Waals surface area contributed by atoms with Crippen molar-refractivity contribution in [3.8, 4) is 5.75 Å². The lowest BCUT2D eigenvalue weighted by Gasteiger charge is -2.32. The summed E-state index contributed by atoms with van der Waals surface area (Å²) in [6, 6.07) is 1.00. The molecule has 0 radical (unpaired) electrons. The lowest BCUT2D eigenvalue weighted by Crippen LogP contribution is -2.43. The maximum Gasteiger partial charge on any atom is 0.329 e. The molecule has 2 heterocycles. The number of allylic oxidation sites excluding steroid dienone is 1. The predicted octanol–water partition coefficient (Wildman–Crippen LogP) is 2.29. The minimum atomic E-state index is -0.350. The Morgan fingerprint density at radius 3 is 2.52 bits per heavy atom. The van der Waals surface area contributed by atoms with E-state index in [1.807, 2.05) is 0 Å². The van der Waals surface area contributed by atoms with Gasteiger partial charge in [0.2, 0.25) is 0 Å². The van der Waals surface area contributed by atoms with Gasteiger partial charge in [-0.2, -0.15) is 0 Å². The van der Waals surface area contributed by atoms with Crippen LogP contribution in [0, 0.1) is 0 Å². The lowest BCUT2D eigenvalue weighted by molar-refractivity contribution is -0.125. The molecule has 2 aliphatic rings. The van der Waals surface area contributed by atoms with Crippen molar-refractivity contribution in [1.29, 1.82) is 0 Å². The topological polar surface area (TPSA) is 80.6 Å². The smallest absolute Gasteiger partial charge is 0.329 e. The number of hydrogen-bond acceptors (Lipinski definition) is 4. The average Bonchev–Trinajstić information content (AvgIpc) is 2.87. The summed E-state index contributed by atoms with van der Waals surface area (Å²) in [6.07, 6.45) is 6.05. The Hall–Kier alpha value is -2.09. The van der Waals surface area contributed by atoms with Crippen molar-refractivity contribution >= 4 is 27.9 Å². The molecule has 2 fully saturated rings. The van der Waals surface area contributed by atoms with Crippen molar-refractivity contribution in [2.45, 2.75) is 44.8 Å². The normalized spacial score (nSPS) is 25.4. The Labute approximate surface area is 153 Å². The van der Waals surface area contributed by atoms with Crippen molar-refractivity contribution in [1.82, 2.24) is 14.8 Å². The third-order valence-corrected chi connectivity index (χ3v) is 5.24. The highest BCUT2D eigenvalue weighted by molar-refractivity contribution is 9.10. The number of ether oxygens (including phenoxy) is 1. The number of carbonyl (C=O) groups excluding carboxylic acids is 2.